The van der Waals surface area contributed by atoms with Crippen molar-refractivity contribution in [2.24, 2.45) is 0 Å². The van der Waals surface area contributed by atoms with Crippen LogP contribution in [-0.4, -0.2) is 26.0 Å². The Morgan fingerprint density at radius 3 is 2.27 bits per heavy atom. The minimum atomic E-state index is -0.556. The molecule has 0 spiro atoms. The highest BCUT2D eigenvalue weighted by molar-refractivity contribution is 8.00. The second kappa shape index (κ2) is 12.1. The first-order valence-electron chi connectivity index (χ1n) is 11.7. The maximum absolute atomic E-state index is 13.6. The van der Waals surface area contributed by atoms with Gasteiger partial charge >= 0.3 is 0 Å². The number of nitrogens with one attached hydrogen (secondary N) is 2. The average molecular weight is 513 g/mol. The fourth-order valence-electron chi connectivity index (χ4n) is 3.82. The lowest BCUT2D eigenvalue weighted by Gasteiger charge is -2.19. The lowest BCUT2D eigenvalue weighted by Crippen LogP contribution is -2.19. The van der Waals surface area contributed by atoms with Gasteiger partial charge in [-0.3, -0.25) is 9.59 Å². The number of thioether (sulfide) groups is 1. The molecule has 4 aromatic rings. The summed E-state index contributed by atoms with van der Waals surface area (Å²) in [5.74, 6) is 0.754. The van der Waals surface area contributed by atoms with E-state index in [0.717, 1.165) is 16.0 Å². The standard InChI is InChI=1S/C30H28N2O4S/c1-20-10-7-8-15-25(20)29(33)31-22-13-9-14-24(18-22)37-28(21-11-5-4-6-12-21)30(34)32-26-19-23(35-2)16-17-27(26)36-3/h4-19,28H,1-3H3,(H,31,33)(H,32,34). The normalized spacial score (nSPS) is 11.3. The Morgan fingerprint density at radius 2 is 1.54 bits per heavy atom. The highest BCUT2D eigenvalue weighted by atomic mass is 32.2. The predicted octanol–water partition coefficient (Wildman–Crippen LogP) is 6.74. The second-order valence-corrected chi connectivity index (χ2v) is 9.44. The molecular formula is C30H28N2O4S. The molecule has 4 aromatic carbocycles. The Labute approximate surface area is 221 Å². The number of hydrogen-bond acceptors (Lipinski definition) is 5. The van der Waals surface area contributed by atoms with E-state index in [4.69, 9.17) is 9.47 Å². The molecule has 0 aliphatic rings. The summed E-state index contributed by atoms with van der Waals surface area (Å²) in [6, 6.07) is 29.7. The van der Waals surface area contributed by atoms with Gasteiger partial charge in [0.2, 0.25) is 5.91 Å². The van der Waals surface area contributed by atoms with E-state index in [9.17, 15) is 9.59 Å². The number of rotatable bonds is 9. The van der Waals surface area contributed by atoms with Crippen molar-refractivity contribution < 1.29 is 19.1 Å². The molecule has 0 saturated carbocycles. The number of aryl methyl sites for hydroxylation is 1. The van der Waals surface area contributed by atoms with Gasteiger partial charge in [-0.1, -0.05) is 54.6 Å². The topological polar surface area (TPSA) is 76.7 Å². The van der Waals surface area contributed by atoms with E-state index >= 15 is 0 Å². The smallest absolute Gasteiger partial charge is 0.255 e. The van der Waals surface area contributed by atoms with Crippen LogP contribution in [0.1, 0.15) is 26.7 Å². The molecule has 0 radical (unpaired) electrons. The predicted molar refractivity (Wildman–Crippen MR) is 149 cm³/mol. The molecular weight excluding hydrogens is 484 g/mol. The van der Waals surface area contributed by atoms with Gasteiger partial charge in [-0.05, 0) is 54.4 Å². The highest BCUT2D eigenvalue weighted by Crippen LogP contribution is 2.38. The van der Waals surface area contributed by atoms with E-state index in [2.05, 4.69) is 10.6 Å². The van der Waals surface area contributed by atoms with E-state index in [0.29, 0.717) is 28.4 Å². The summed E-state index contributed by atoms with van der Waals surface area (Å²) in [6.07, 6.45) is 0. The van der Waals surface area contributed by atoms with Crippen molar-refractivity contribution in [1.29, 1.82) is 0 Å². The van der Waals surface area contributed by atoms with E-state index in [1.807, 2.05) is 79.7 Å². The van der Waals surface area contributed by atoms with Crippen LogP contribution < -0.4 is 20.1 Å². The Morgan fingerprint density at radius 1 is 0.784 bits per heavy atom. The summed E-state index contributed by atoms with van der Waals surface area (Å²) in [4.78, 5) is 27.2. The lowest BCUT2D eigenvalue weighted by molar-refractivity contribution is -0.115. The third-order valence-electron chi connectivity index (χ3n) is 5.74. The van der Waals surface area contributed by atoms with Crippen molar-refractivity contribution in [3.8, 4) is 11.5 Å². The molecule has 0 aliphatic carbocycles. The van der Waals surface area contributed by atoms with Gasteiger partial charge in [-0.25, -0.2) is 0 Å². The zero-order valence-corrected chi connectivity index (χ0v) is 21.7. The Balaban J connectivity index is 1.58. The zero-order chi connectivity index (χ0) is 26.2. The van der Waals surface area contributed by atoms with E-state index in [-0.39, 0.29) is 11.8 Å². The van der Waals surface area contributed by atoms with E-state index < -0.39 is 5.25 Å². The van der Waals surface area contributed by atoms with Gasteiger partial charge in [0.05, 0.1) is 19.9 Å². The number of carbonyl (C=O) groups excluding carboxylic acids is 2. The number of anilines is 2. The first-order valence-corrected chi connectivity index (χ1v) is 12.6. The van der Waals surface area contributed by atoms with Crippen LogP contribution in [0.2, 0.25) is 0 Å². The Hall–Kier alpha value is -4.23. The lowest BCUT2D eigenvalue weighted by atomic mass is 10.1. The monoisotopic (exact) mass is 512 g/mol. The molecule has 1 atom stereocenters. The molecule has 0 aliphatic heterocycles. The van der Waals surface area contributed by atoms with Crippen LogP contribution in [0, 0.1) is 6.92 Å². The SMILES string of the molecule is COc1ccc(OC)c(NC(=O)C(Sc2cccc(NC(=O)c3ccccc3C)c2)c2ccccc2)c1. The van der Waals surface area contributed by atoms with Crippen molar-refractivity contribution in [1.82, 2.24) is 0 Å². The molecule has 7 heteroatoms. The molecule has 0 saturated heterocycles. The third-order valence-corrected chi connectivity index (χ3v) is 6.99. The summed E-state index contributed by atoms with van der Waals surface area (Å²) in [5.41, 5.74) is 3.54. The van der Waals surface area contributed by atoms with Crippen LogP contribution in [-0.2, 0) is 4.79 Å². The zero-order valence-electron chi connectivity index (χ0n) is 20.9. The molecule has 188 valence electrons. The fraction of sp³-hybridized carbons (Fsp3) is 0.133. The molecule has 0 aromatic heterocycles. The van der Waals surface area contributed by atoms with Crippen LogP contribution >= 0.6 is 11.8 Å². The molecule has 6 nitrogen and oxygen atoms in total. The number of ether oxygens (including phenoxy) is 2. The largest absolute Gasteiger partial charge is 0.497 e. The summed E-state index contributed by atoms with van der Waals surface area (Å²) < 4.78 is 10.7. The van der Waals surface area contributed by atoms with Gasteiger partial charge < -0.3 is 20.1 Å². The Bertz CT molecular complexity index is 1390. The van der Waals surface area contributed by atoms with E-state index in [1.54, 1.807) is 38.5 Å². The number of amides is 2. The van der Waals surface area contributed by atoms with Crippen LogP contribution in [0.15, 0.2) is 102 Å². The summed E-state index contributed by atoms with van der Waals surface area (Å²) in [5, 5.41) is 5.40. The van der Waals surface area contributed by atoms with Crippen molar-refractivity contribution in [2.75, 3.05) is 24.9 Å². The van der Waals surface area contributed by atoms with Gasteiger partial charge in [-0.15, -0.1) is 11.8 Å². The highest BCUT2D eigenvalue weighted by Gasteiger charge is 2.24. The molecule has 2 amide bonds. The molecule has 0 bridgehead atoms. The van der Waals surface area contributed by atoms with Gasteiger partial charge in [0.25, 0.3) is 5.91 Å². The summed E-state index contributed by atoms with van der Waals surface area (Å²) >= 11 is 1.40. The summed E-state index contributed by atoms with van der Waals surface area (Å²) in [6.45, 7) is 1.90. The molecule has 37 heavy (non-hydrogen) atoms. The molecule has 1 unspecified atom stereocenters. The maximum atomic E-state index is 13.6. The van der Waals surface area contributed by atoms with Crippen LogP contribution in [0.25, 0.3) is 0 Å². The third kappa shape index (κ3) is 6.51. The Kier molecular flexibility index (Phi) is 8.48. The second-order valence-electron chi connectivity index (χ2n) is 8.26. The minimum absolute atomic E-state index is 0.178. The maximum Gasteiger partial charge on any atom is 0.255 e. The first-order chi connectivity index (χ1) is 18.0. The number of hydrogen-bond donors (Lipinski definition) is 2. The number of carbonyl (C=O) groups is 2. The minimum Gasteiger partial charge on any atom is -0.497 e. The van der Waals surface area contributed by atoms with Crippen molar-refractivity contribution in [3.05, 3.63) is 114 Å². The molecule has 0 heterocycles. The van der Waals surface area contributed by atoms with Gasteiger partial charge in [-0.2, -0.15) is 0 Å². The number of methoxy groups -OCH3 is 2. The van der Waals surface area contributed by atoms with Crippen molar-refractivity contribution in [2.45, 2.75) is 17.1 Å². The average Bonchev–Trinajstić information content (AvgIpc) is 2.92. The molecule has 0 fully saturated rings. The fourth-order valence-corrected chi connectivity index (χ4v) is 4.90. The van der Waals surface area contributed by atoms with Crippen LogP contribution in [0.3, 0.4) is 0 Å². The quantitative estimate of drug-likeness (QED) is 0.243. The van der Waals surface area contributed by atoms with Gasteiger partial charge in [0.1, 0.15) is 16.7 Å². The van der Waals surface area contributed by atoms with Gasteiger partial charge in [0.15, 0.2) is 0 Å². The first kappa shape index (κ1) is 25.9. The van der Waals surface area contributed by atoms with Crippen molar-refractivity contribution >= 4 is 35.0 Å². The number of benzene rings is 4. The molecule has 2 N–H and O–H groups in total. The van der Waals surface area contributed by atoms with E-state index in [1.165, 1.54) is 11.8 Å². The van der Waals surface area contributed by atoms with Crippen LogP contribution in [0.5, 0.6) is 11.5 Å². The molecule has 4 rings (SSSR count). The van der Waals surface area contributed by atoms with Crippen molar-refractivity contribution in [3.63, 3.8) is 0 Å². The van der Waals surface area contributed by atoms with Crippen LogP contribution in [0.4, 0.5) is 11.4 Å². The van der Waals surface area contributed by atoms with Gasteiger partial charge in [0, 0.05) is 22.2 Å². The summed E-state index contributed by atoms with van der Waals surface area (Å²) in [7, 11) is 3.12.